The van der Waals surface area contributed by atoms with Crippen molar-refractivity contribution in [1.82, 2.24) is 4.90 Å². The molecule has 0 aliphatic carbocycles. The number of ether oxygens (including phenoxy) is 1. The van der Waals surface area contributed by atoms with E-state index in [4.69, 9.17) is 10.5 Å². The lowest BCUT2D eigenvalue weighted by atomic mass is 10.2. The molecule has 0 bridgehead atoms. The molecule has 1 saturated heterocycles. The van der Waals surface area contributed by atoms with Gasteiger partial charge in [-0.15, -0.1) is 11.8 Å². The molecule has 1 atom stereocenters. The fourth-order valence-electron chi connectivity index (χ4n) is 2.72. The SMILES string of the molecule is COc1ccc(CSCC(=O)N2CCCC2CN)cc1[N+](=O)[O-]. The van der Waals surface area contributed by atoms with E-state index < -0.39 is 4.92 Å². The predicted octanol–water partition coefficient (Wildman–Crippen LogP) is 1.79. The molecule has 0 aromatic heterocycles. The number of hydrogen-bond donors (Lipinski definition) is 1. The van der Waals surface area contributed by atoms with Crippen LogP contribution in [0.3, 0.4) is 0 Å². The molecule has 0 saturated carbocycles. The predicted molar refractivity (Wildman–Crippen MR) is 89.6 cm³/mol. The first kappa shape index (κ1) is 17.6. The van der Waals surface area contributed by atoms with E-state index in [9.17, 15) is 14.9 Å². The number of carbonyl (C=O) groups excluding carboxylic acids is 1. The highest BCUT2D eigenvalue weighted by atomic mass is 32.2. The van der Waals surface area contributed by atoms with Crippen LogP contribution in [0.2, 0.25) is 0 Å². The van der Waals surface area contributed by atoms with Crippen molar-refractivity contribution in [2.24, 2.45) is 5.73 Å². The molecule has 1 aromatic rings. The van der Waals surface area contributed by atoms with E-state index in [0.29, 0.717) is 18.1 Å². The third kappa shape index (κ3) is 4.35. The van der Waals surface area contributed by atoms with Crippen molar-refractivity contribution in [1.29, 1.82) is 0 Å². The van der Waals surface area contributed by atoms with Gasteiger partial charge in [0.05, 0.1) is 17.8 Å². The van der Waals surface area contributed by atoms with E-state index in [-0.39, 0.29) is 23.4 Å². The van der Waals surface area contributed by atoms with Gasteiger partial charge < -0.3 is 15.4 Å². The molecular weight excluding hydrogens is 318 g/mol. The molecule has 126 valence electrons. The lowest BCUT2D eigenvalue weighted by Crippen LogP contribution is -2.40. The number of nitrogens with two attached hydrogens (primary N) is 1. The van der Waals surface area contributed by atoms with Gasteiger partial charge in [0, 0.05) is 31.0 Å². The van der Waals surface area contributed by atoms with E-state index in [1.165, 1.54) is 24.9 Å². The molecule has 1 heterocycles. The molecule has 7 nitrogen and oxygen atoms in total. The summed E-state index contributed by atoms with van der Waals surface area (Å²) in [4.78, 5) is 24.6. The van der Waals surface area contributed by atoms with Crippen LogP contribution in [0.4, 0.5) is 5.69 Å². The Morgan fingerprint density at radius 1 is 1.57 bits per heavy atom. The summed E-state index contributed by atoms with van der Waals surface area (Å²) in [6, 6.07) is 5.02. The number of benzene rings is 1. The first-order valence-corrected chi connectivity index (χ1v) is 8.61. The molecule has 1 aromatic carbocycles. The lowest BCUT2D eigenvalue weighted by Gasteiger charge is -2.23. The number of hydrogen-bond acceptors (Lipinski definition) is 6. The summed E-state index contributed by atoms with van der Waals surface area (Å²) in [6.07, 6.45) is 1.97. The van der Waals surface area contributed by atoms with Crippen LogP contribution in [0.1, 0.15) is 18.4 Å². The van der Waals surface area contributed by atoms with Gasteiger partial charge in [-0.2, -0.15) is 0 Å². The van der Waals surface area contributed by atoms with Crippen LogP contribution in [-0.4, -0.2) is 47.7 Å². The summed E-state index contributed by atoms with van der Waals surface area (Å²) in [5, 5.41) is 11.0. The van der Waals surface area contributed by atoms with Crippen LogP contribution in [0.15, 0.2) is 18.2 Å². The Balaban J connectivity index is 1.90. The Morgan fingerprint density at radius 3 is 3.00 bits per heavy atom. The van der Waals surface area contributed by atoms with Crippen LogP contribution in [0.25, 0.3) is 0 Å². The second kappa shape index (κ2) is 8.16. The summed E-state index contributed by atoms with van der Waals surface area (Å²) in [5.41, 5.74) is 6.42. The Hall–Kier alpha value is -1.80. The quantitative estimate of drug-likeness (QED) is 0.600. The summed E-state index contributed by atoms with van der Waals surface area (Å²) >= 11 is 1.45. The summed E-state index contributed by atoms with van der Waals surface area (Å²) in [5.74, 6) is 1.22. The maximum Gasteiger partial charge on any atom is 0.311 e. The molecule has 1 fully saturated rings. The van der Waals surface area contributed by atoms with Gasteiger partial charge in [-0.1, -0.05) is 6.07 Å². The van der Waals surface area contributed by atoms with E-state index in [1.807, 2.05) is 4.90 Å². The van der Waals surface area contributed by atoms with Crippen molar-refractivity contribution < 1.29 is 14.5 Å². The molecule has 1 aliphatic rings. The highest BCUT2D eigenvalue weighted by Crippen LogP contribution is 2.29. The average Bonchev–Trinajstić information content (AvgIpc) is 3.03. The van der Waals surface area contributed by atoms with Crippen LogP contribution in [0, 0.1) is 10.1 Å². The maximum absolute atomic E-state index is 12.2. The van der Waals surface area contributed by atoms with Gasteiger partial charge in [-0.3, -0.25) is 14.9 Å². The minimum Gasteiger partial charge on any atom is -0.490 e. The first-order valence-electron chi connectivity index (χ1n) is 7.45. The van der Waals surface area contributed by atoms with Crippen molar-refractivity contribution in [2.75, 3.05) is 26.0 Å². The third-order valence-corrected chi connectivity index (χ3v) is 4.89. The van der Waals surface area contributed by atoms with Gasteiger partial charge in [-0.25, -0.2) is 0 Å². The van der Waals surface area contributed by atoms with Crippen LogP contribution in [0.5, 0.6) is 5.75 Å². The highest BCUT2D eigenvalue weighted by molar-refractivity contribution is 7.99. The minimum atomic E-state index is -0.464. The van der Waals surface area contributed by atoms with E-state index in [2.05, 4.69) is 0 Å². The normalized spacial score (nSPS) is 17.3. The van der Waals surface area contributed by atoms with Crippen molar-refractivity contribution in [3.05, 3.63) is 33.9 Å². The summed E-state index contributed by atoms with van der Waals surface area (Å²) < 4.78 is 4.97. The number of amides is 1. The number of likely N-dealkylation sites (tertiary alicyclic amines) is 1. The Labute approximate surface area is 139 Å². The first-order chi connectivity index (χ1) is 11.1. The van der Waals surface area contributed by atoms with Gasteiger partial charge >= 0.3 is 5.69 Å². The van der Waals surface area contributed by atoms with Gasteiger partial charge in [0.2, 0.25) is 5.91 Å². The van der Waals surface area contributed by atoms with E-state index in [0.717, 1.165) is 24.9 Å². The number of rotatable bonds is 7. The Morgan fingerprint density at radius 2 is 2.35 bits per heavy atom. The average molecular weight is 339 g/mol. The second-order valence-corrected chi connectivity index (χ2v) is 6.36. The number of nitrogens with zero attached hydrogens (tertiary/aromatic N) is 2. The molecule has 2 rings (SSSR count). The fraction of sp³-hybridized carbons (Fsp3) is 0.533. The number of nitro groups is 1. The molecule has 2 N–H and O–H groups in total. The monoisotopic (exact) mass is 339 g/mol. The van der Waals surface area contributed by atoms with E-state index >= 15 is 0 Å². The third-order valence-electron chi connectivity index (χ3n) is 3.90. The number of carbonyl (C=O) groups is 1. The van der Waals surface area contributed by atoms with Crippen molar-refractivity contribution in [3.63, 3.8) is 0 Å². The lowest BCUT2D eigenvalue weighted by molar-refractivity contribution is -0.385. The van der Waals surface area contributed by atoms with Crippen LogP contribution >= 0.6 is 11.8 Å². The zero-order valence-electron chi connectivity index (χ0n) is 13.1. The van der Waals surface area contributed by atoms with Gasteiger partial charge in [0.25, 0.3) is 0 Å². The zero-order valence-corrected chi connectivity index (χ0v) is 13.9. The Bertz CT molecular complexity index is 582. The standard InChI is InChI=1S/C15H21N3O4S/c1-22-14-5-4-11(7-13(14)18(20)21)9-23-10-15(19)17-6-2-3-12(17)8-16/h4-5,7,12H,2-3,6,8-10,16H2,1H3. The Kier molecular flexibility index (Phi) is 6.23. The smallest absolute Gasteiger partial charge is 0.311 e. The molecule has 1 amide bonds. The second-order valence-electron chi connectivity index (χ2n) is 5.37. The molecule has 1 unspecified atom stereocenters. The van der Waals surface area contributed by atoms with Crippen molar-refractivity contribution in [2.45, 2.75) is 24.6 Å². The van der Waals surface area contributed by atoms with Gasteiger partial charge in [0.1, 0.15) is 0 Å². The van der Waals surface area contributed by atoms with Crippen molar-refractivity contribution in [3.8, 4) is 5.75 Å². The van der Waals surface area contributed by atoms with Gasteiger partial charge in [-0.05, 0) is 24.5 Å². The molecule has 0 radical (unpaired) electrons. The highest BCUT2D eigenvalue weighted by Gasteiger charge is 2.27. The minimum absolute atomic E-state index is 0.0559. The number of thioether (sulfide) groups is 1. The van der Waals surface area contributed by atoms with Crippen molar-refractivity contribution >= 4 is 23.4 Å². The molecule has 8 heteroatoms. The van der Waals surface area contributed by atoms with Crippen LogP contribution in [-0.2, 0) is 10.5 Å². The molecule has 0 spiro atoms. The number of methoxy groups -OCH3 is 1. The van der Waals surface area contributed by atoms with Crippen LogP contribution < -0.4 is 10.5 Å². The van der Waals surface area contributed by atoms with Gasteiger partial charge in [0.15, 0.2) is 5.75 Å². The van der Waals surface area contributed by atoms with E-state index in [1.54, 1.807) is 12.1 Å². The number of nitro benzene ring substituents is 1. The topological polar surface area (TPSA) is 98.7 Å². The fourth-order valence-corrected chi connectivity index (χ4v) is 3.57. The summed E-state index contributed by atoms with van der Waals surface area (Å²) in [6.45, 7) is 1.27. The molecule has 23 heavy (non-hydrogen) atoms. The zero-order chi connectivity index (χ0) is 16.8. The largest absolute Gasteiger partial charge is 0.490 e. The molecule has 1 aliphatic heterocycles. The molecular formula is C15H21N3O4S. The maximum atomic E-state index is 12.2. The summed E-state index contributed by atoms with van der Waals surface area (Å²) in [7, 11) is 1.40.